The second-order valence-electron chi connectivity index (χ2n) is 11.3. The van der Waals surface area contributed by atoms with Crippen LogP contribution in [-0.4, -0.2) is 34.6 Å². The number of pyridine rings is 1. The van der Waals surface area contributed by atoms with E-state index in [2.05, 4.69) is 22.4 Å². The van der Waals surface area contributed by atoms with Crippen molar-refractivity contribution in [1.82, 2.24) is 4.98 Å². The zero-order valence-electron chi connectivity index (χ0n) is 22.4. The largest absolute Gasteiger partial charge is 0.491 e. The number of anilines is 1. The van der Waals surface area contributed by atoms with Crippen molar-refractivity contribution in [2.24, 2.45) is 11.8 Å². The van der Waals surface area contributed by atoms with E-state index in [-0.39, 0.29) is 17.9 Å². The molecule has 5 nitrogen and oxygen atoms in total. The smallest absolute Gasteiger partial charge is 0.329 e. The van der Waals surface area contributed by atoms with E-state index in [1.165, 1.54) is 22.5 Å². The van der Waals surface area contributed by atoms with Crippen molar-refractivity contribution in [1.29, 1.82) is 0 Å². The Balaban J connectivity index is 1.24. The molecule has 0 unspecified atom stereocenters. The van der Waals surface area contributed by atoms with Crippen LogP contribution in [0.4, 0.5) is 14.5 Å². The third-order valence-corrected chi connectivity index (χ3v) is 10.3. The van der Waals surface area contributed by atoms with Crippen molar-refractivity contribution in [3.05, 3.63) is 88.4 Å². The van der Waals surface area contributed by atoms with Crippen LogP contribution in [-0.2, 0) is 16.6 Å². The van der Waals surface area contributed by atoms with Crippen molar-refractivity contribution >= 4 is 44.8 Å². The fourth-order valence-electron chi connectivity index (χ4n) is 6.98. The number of carboxylic acid groups (broad SMARTS) is 1. The van der Waals surface area contributed by atoms with Gasteiger partial charge >= 0.3 is 5.97 Å². The molecule has 1 fully saturated rings. The van der Waals surface area contributed by atoms with Crippen molar-refractivity contribution in [2.75, 3.05) is 11.9 Å². The van der Waals surface area contributed by atoms with Crippen LogP contribution in [0.2, 0.25) is 5.02 Å². The molecular formula is C32H31ClF2N2O3S. The van der Waals surface area contributed by atoms with Crippen LogP contribution in [0.3, 0.4) is 0 Å². The predicted octanol–water partition coefficient (Wildman–Crippen LogP) is 8.22. The molecule has 1 saturated carbocycles. The van der Waals surface area contributed by atoms with Crippen LogP contribution >= 0.6 is 22.9 Å². The van der Waals surface area contributed by atoms with Gasteiger partial charge in [0, 0.05) is 16.9 Å². The number of thiophene rings is 1. The number of carbonyl (C=O) groups is 1. The number of aliphatic carboxylic acids is 1. The van der Waals surface area contributed by atoms with Gasteiger partial charge in [-0.3, -0.25) is 4.98 Å². The summed E-state index contributed by atoms with van der Waals surface area (Å²) in [6, 6.07) is 18.9. The van der Waals surface area contributed by atoms with E-state index in [9.17, 15) is 18.7 Å². The van der Waals surface area contributed by atoms with Crippen LogP contribution < -0.4 is 10.1 Å². The first-order valence-electron chi connectivity index (χ1n) is 13.9. The molecule has 2 N–H and O–H groups in total. The topological polar surface area (TPSA) is 71.5 Å². The maximum Gasteiger partial charge on any atom is 0.329 e. The highest BCUT2D eigenvalue weighted by molar-refractivity contribution is 7.17. The van der Waals surface area contributed by atoms with Gasteiger partial charge < -0.3 is 15.2 Å². The first-order chi connectivity index (χ1) is 19.8. The Hall–Kier alpha value is -3.23. The normalized spacial score (nSPS) is 24.4. The summed E-state index contributed by atoms with van der Waals surface area (Å²) in [6.45, 7) is -0.0903. The summed E-state index contributed by atoms with van der Waals surface area (Å²) in [6.07, 6.45) is 2.03. The predicted molar refractivity (Wildman–Crippen MR) is 158 cm³/mol. The van der Waals surface area contributed by atoms with Crippen molar-refractivity contribution in [2.45, 2.75) is 55.9 Å². The molecule has 0 aliphatic heterocycles. The zero-order chi connectivity index (χ0) is 28.6. The minimum Gasteiger partial charge on any atom is -0.491 e. The highest BCUT2D eigenvalue weighted by atomic mass is 35.5. The zero-order valence-corrected chi connectivity index (χ0v) is 23.9. The highest BCUT2D eigenvalue weighted by Crippen LogP contribution is 2.56. The molecule has 2 aliphatic rings. The Morgan fingerprint density at radius 2 is 1.93 bits per heavy atom. The maximum absolute atomic E-state index is 14.5. The summed E-state index contributed by atoms with van der Waals surface area (Å²) >= 11 is 7.64. The Labute approximate surface area is 246 Å². The molecule has 0 amide bonds. The quantitative estimate of drug-likeness (QED) is 0.204. The summed E-state index contributed by atoms with van der Waals surface area (Å²) < 4.78 is 35.9. The second-order valence-corrected chi connectivity index (χ2v) is 12.7. The number of benzene rings is 2. The molecule has 9 heteroatoms. The van der Waals surface area contributed by atoms with Crippen molar-refractivity contribution in [3.8, 4) is 5.75 Å². The van der Waals surface area contributed by atoms with Gasteiger partial charge in [0.15, 0.2) is 0 Å². The molecular weight excluding hydrogens is 566 g/mol. The first kappa shape index (κ1) is 27.9. The van der Waals surface area contributed by atoms with Crippen LogP contribution in [0.15, 0.2) is 72.2 Å². The van der Waals surface area contributed by atoms with Crippen molar-refractivity contribution in [3.63, 3.8) is 0 Å². The van der Waals surface area contributed by atoms with E-state index in [1.807, 2.05) is 29.6 Å². The molecule has 214 valence electrons. The van der Waals surface area contributed by atoms with Gasteiger partial charge in [0.25, 0.3) is 0 Å². The second kappa shape index (κ2) is 11.2. The number of alkyl halides is 2. The molecule has 2 aromatic carbocycles. The number of nitrogens with zero attached hydrogens (tertiary/aromatic N) is 1. The highest BCUT2D eigenvalue weighted by Gasteiger charge is 2.54. The van der Waals surface area contributed by atoms with Crippen LogP contribution in [0.25, 0.3) is 10.2 Å². The van der Waals surface area contributed by atoms with Gasteiger partial charge in [-0.15, -0.1) is 11.3 Å². The van der Waals surface area contributed by atoms with Crippen LogP contribution in [0.5, 0.6) is 5.75 Å². The standard InChI is InChI=1S/C32H31ClF2N2O3S/c33-23-5-3-6-24(18-23)37-32(30(38)39)12-10-31(11-13-32)22(16-20-4-1-2-7-25(20)31)17-21(29(34)35)19-40-27-8-14-36-26-9-15-41-28(26)27/h1-9,14-15,18,21-22,29,37H,10-13,16-17,19H2,(H,38,39)/t21-,22+,31?,32?/m1/s1. The summed E-state index contributed by atoms with van der Waals surface area (Å²) in [5, 5.41) is 16.1. The van der Waals surface area contributed by atoms with E-state index in [1.54, 1.807) is 30.5 Å². The average Bonchev–Trinajstić information content (AvgIpc) is 3.56. The van der Waals surface area contributed by atoms with E-state index in [4.69, 9.17) is 16.3 Å². The third kappa shape index (κ3) is 5.28. The Kier molecular flexibility index (Phi) is 7.64. The Bertz CT molecular complexity index is 1550. The van der Waals surface area contributed by atoms with E-state index in [0.29, 0.717) is 55.0 Å². The number of halogens is 3. The number of rotatable bonds is 9. The molecule has 2 aromatic heterocycles. The van der Waals surface area contributed by atoms with Gasteiger partial charge in [-0.05, 0) is 96.7 Å². The molecule has 0 bridgehead atoms. The number of ether oxygens (including phenoxy) is 1. The number of fused-ring (bicyclic) bond motifs is 3. The summed E-state index contributed by atoms with van der Waals surface area (Å²) in [5.74, 6) is -1.33. The van der Waals surface area contributed by atoms with Gasteiger partial charge in [0.2, 0.25) is 6.43 Å². The fraction of sp³-hybridized carbons (Fsp3) is 0.375. The molecule has 1 spiro atoms. The van der Waals surface area contributed by atoms with Gasteiger partial charge in [0.05, 0.1) is 22.7 Å². The van der Waals surface area contributed by atoms with E-state index >= 15 is 0 Å². The molecule has 0 saturated heterocycles. The van der Waals surface area contributed by atoms with Gasteiger partial charge in [-0.25, -0.2) is 13.6 Å². The number of aromatic nitrogens is 1. The summed E-state index contributed by atoms with van der Waals surface area (Å²) in [7, 11) is 0. The Morgan fingerprint density at radius 1 is 1.12 bits per heavy atom. The number of carboxylic acids is 1. The van der Waals surface area contributed by atoms with E-state index < -0.39 is 23.9 Å². The number of hydrogen-bond donors (Lipinski definition) is 2. The SMILES string of the molecule is O=C(O)C1(Nc2cccc(Cl)c2)CCC2(CC1)c1ccccc1C[C@H]2C[C@H](COc1ccnc2ccsc12)C(F)F. The molecule has 2 aliphatic carbocycles. The van der Waals surface area contributed by atoms with Gasteiger partial charge in [0.1, 0.15) is 11.3 Å². The molecule has 2 heterocycles. The van der Waals surface area contributed by atoms with Crippen LogP contribution in [0.1, 0.15) is 43.2 Å². The third-order valence-electron chi connectivity index (χ3n) is 9.12. The van der Waals surface area contributed by atoms with Gasteiger partial charge in [-0.2, -0.15) is 0 Å². The fourth-order valence-corrected chi connectivity index (χ4v) is 7.99. The van der Waals surface area contributed by atoms with Crippen LogP contribution in [0, 0.1) is 11.8 Å². The van der Waals surface area contributed by atoms with E-state index in [0.717, 1.165) is 10.2 Å². The van der Waals surface area contributed by atoms with Crippen molar-refractivity contribution < 1.29 is 23.4 Å². The molecule has 6 rings (SSSR count). The summed E-state index contributed by atoms with van der Waals surface area (Å²) in [4.78, 5) is 17.0. The molecule has 0 radical (unpaired) electrons. The Morgan fingerprint density at radius 3 is 2.68 bits per heavy atom. The lowest BCUT2D eigenvalue weighted by Crippen LogP contribution is -2.53. The molecule has 4 aromatic rings. The molecule has 2 atom stereocenters. The minimum atomic E-state index is -2.54. The first-order valence-corrected chi connectivity index (χ1v) is 15.1. The lowest BCUT2D eigenvalue weighted by atomic mass is 9.59. The lowest BCUT2D eigenvalue weighted by Gasteiger charge is -2.47. The minimum absolute atomic E-state index is 0.0420. The summed E-state index contributed by atoms with van der Waals surface area (Å²) in [5.41, 5.74) is 2.28. The molecule has 41 heavy (non-hydrogen) atoms. The number of hydrogen-bond acceptors (Lipinski definition) is 5. The van der Waals surface area contributed by atoms with Gasteiger partial charge in [-0.1, -0.05) is 41.9 Å². The average molecular weight is 597 g/mol. The number of nitrogens with one attached hydrogen (secondary N) is 1. The lowest BCUT2D eigenvalue weighted by molar-refractivity contribution is -0.144. The monoisotopic (exact) mass is 596 g/mol. The maximum atomic E-state index is 14.5.